The number of fused-ring (bicyclic) bond motifs is 2. The van der Waals surface area contributed by atoms with Gasteiger partial charge >= 0.3 is 0 Å². The Kier molecular flexibility index (Phi) is 2.68. The third kappa shape index (κ3) is 1.96. The lowest BCUT2D eigenvalue weighted by molar-refractivity contribution is 1.32. The highest BCUT2D eigenvalue weighted by atomic mass is 14.7. The van der Waals surface area contributed by atoms with E-state index in [0.29, 0.717) is 0 Å². The Morgan fingerprint density at radius 2 is 1.52 bits per heavy atom. The Bertz CT molecular complexity index is 958. The van der Waals surface area contributed by atoms with Crippen LogP contribution in [0.15, 0.2) is 66.9 Å². The molecule has 0 bridgehead atoms. The average Bonchev–Trinajstić information content (AvgIpc) is 2.55. The van der Waals surface area contributed by atoms with Gasteiger partial charge in [0.05, 0.1) is 16.7 Å². The largest absolute Gasteiger partial charge is 0.256 e. The highest BCUT2D eigenvalue weighted by Gasteiger charge is 2.08. The molecule has 21 heavy (non-hydrogen) atoms. The van der Waals surface area contributed by atoms with Crippen LogP contribution in [0.1, 0.15) is 5.56 Å². The SMILES string of the molecule is Cc1c(-c2ccc3ccccc3n2)cnc2ccccc12. The third-order valence-electron chi connectivity index (χ3n) is 3.92. The molecular formula is C19H14N2. The fourth-order valence-corrected chi connectivity index (χ4v) is 2.75. The molecule has 0 N–H and O–H groups in total. The molecule has 0 saturated heterocycles. The molecule has 4 rings (SSSR count). The highest BCUT2D eigenvalue weighted by molar-refractivity contribution is 5.89. The number of hydrogen-bond donors (Lipinski definition) is 0. The Hall–Kier alpha value is -2.74. The van der Waals surface area contributed by atoms with Crippen molar-refractivity contribution in [2.75, 3.05) is 0 Å². The number of hydrogen-bond acceptors (Lipinski definition) is 2. The van der Waals surface area contributed by atoms with Gasteiger partial charge in [0.2, 0.25) is 0 Å². The molecule has 100 valence electrons. The summed E-state index contributed by atoms with van der Waals surface area (Å²) in [6, 6.07) is 20.6. The second-order valence-corrected chi connectivity index (χ2v) is 5.20. The monoisotopic (exact) mass is 270 g/mol. The molecule has 4 aromatic rings. The molecule has 0 saturated carbocycles. The Balaban J connectivity index is 1.97. The molecule has 0 atom stereocenters. The first-order valence-electron chi connectivity index (χ1n) is 7.03. The van der Waals surface area contributed by atoms with Crippen LogP contribution in [0, 0.1) is 6.92 Å². The van der Waals surface area contributed by atoms with Crippen LogP contribution in [0.2, 0.25) is 0 Å². The summed E-state index contributed by atoms with van der Waals surface area (Å²) in [6.45, 7) is 2.14. The molecule has 0 radical (unpaired) electrons. The molecule has 2 nitrogen and oxygen atoms in total. The van der Waals surface area contributed by atoms with Crippen LogP contribution < -0.4 is 0 Å². The number of benzene rings is 2. The van der Waals surface area contributed by atoms with Gasteiger partial charge in [-0.05, 0) is 30.7 Å². The molecule has 2 aromatic heterocycles. The van der Waals surface area contributed by atoms with Crippen LogP contribution in [0.4, 0.5) is 0 Å². The predicted molar refractivity (Wildman–Crippen MR) is 87.2 cm³/mol. The first kappa shape index (κ1) is 12.0. The van der Waals surface area contributed by atoms with Crippen LogP contribution in [-0.2, 0) is 0 Å². The van der Waals surface area contributed by atoms with Crippen molar-refractivity contribution in [3.05, 3.63) is 72.4 Å². The molecule has 0 amide bonds. The van der Waals surface area contributed by atoms with E-state index in [1.165, 1.54) is 10.9 Å². The van der Waals surface area contributed by atoms with Crippen molar-refractivity contribution in [1.82, 2.24) is 9.97 Å². The number of para-hydroxylation sites is 2. The van der Waals surface area contributed by atoms with Gasteiger partial charge in [-0.3, -0.25) is 4.98 Å². The van der Waals surface area contributed by atoms with Gasteiger partial charge in [0, 0.05) is 22.5 Å². The maximum absolute atomic E-state index is 4.77. The number of aromatic nitrogens is 2. The van der Waals surface area contributed by atoms with Gasteiger partial charge in [0.1, 0.15) is 0 Å². The second kappa shape index (κ2) is 4.67. The van der Waals surface area contributed by atoms with Gasteiger partial charge in [0.15, 0.2) is 0 Å². The summed E-state index contributed by atoms with van der Waals surface area (Å²) >= 11 is 0. The normalized spacial score (nSPS) is 11.1. The predicted octanol–water partition coefficient (Wildman–Crippen LogP) is 4.76. The molecule has 0 aliphatic rings. The summed E-state index contributed by atoms with van der Waals surface area (Å²) in [5, 5.41) is 2.35. The lowest BCUT2D eigenvalue weighted by atomic mass is 10.0. The van der Waals surface area contributed by atoms with Gasteiger partial charge < -0.3 is 0 Å². The highest BCUT2D eigenvalue weighted by Crippen LogP contribution is 2.28. The minimum Gasteiger partial charge on any atom is -0.256 e. The zero-order valence-electron chi connectivity index (χ0n) is 11.7. The van der Waals surface area contributed by atoms with E-state index in [9.17, 15) is 0 Å². The summed E-state index contributed by atoms with van der Waals surface area (Å²) in [7, 11) is 0. The average molecular weight is 270 g/mol. The topological polar surface area (TPSA) is 25.8 Å². The first-order chi connectivity index (χ1) is 10.3. The maximum atomic E-state index is 4.77. The molecule has 0 fully saturated rings. The van der Waals surface area contributed by atoms with E-state index >= 15 is 0 Å². The van der Waals surface area contributed by atoms with Crippen LogP contribution in [-0.4, -0.2) is 9.97 Å². The van der Waals surface area contributed by atoms with E-state index in [4.69, 9.17) is 4.98 Å². The van der Waals surface area contributed by atoms with Crippen molar-refractivity contribution in [2.24, 2.45) is 0 Å². The van der Waals surface area contributed by atoms with Crippen LogP contribution >= 0.6 is 0 Å². The van der Waals surface area contributed by atoms with Crippen LogP contribution in [0.5, 0.6) is 0 Å². The quantitative estimate of drug-likeness (QED) is 0.498. The molecule has 2 heteroatoms. The van der Waals surface area contributed by atoms with E-state index < -0.39 is 0 Å². The molecule has 2 heterocycles. The lowest BCUT2D eigenvalue weighted by Crippen LogP contribution is -1.91. The third-order valence-corrected chi connectivity index (χ3v) is 3.92. The van der Waals surface area contributed by atoms with Crippen molar-refractivity contribution in [2.45, 2.75) is 6.92 Å². The fraction of sp³-hybridized carbons (Fsp3) is 0.0526. The number of nitrogens with zero attached hydrogens (tertiary/aromatic N) is 2. The zero-order valence-corrected chi connectivity index (χ0v) is 11.7. The van der Waals surface area contributed by atoms with Crippen molar-refractivity contribution >= 4 is 21.8 Å². The summed E-state index contributed by atoms with van der Waals surface area (Å²) < 4.78 is 0. The molecular weight excluding hydrogens is 256 g/mol. The standard InChI is InChI=1S/C19H14N2/c1-13-15-7-3-5-9-18(15)20-12-16(13)19-11-10-14-6-2-4-8-17(14)21-19/h2-12H,1H3. The van der Waals surface area contributed by atoms with Gasteiger partial charge in [0.25, 0.3) is 0 Å². The van der Waals surface area contributed by atoms with Crippen molar-refractivity contribution in [3.63, 3.8) is 0 Å². The number of aryl methyl sites for hydroxylation is 1. The second-order valence-electron chi connectivity index (χ2n) is 5.20. The van der Waals surface area contributed by atoms with Gasteiger partial charge in [-0.25, -0.2) is 4.98 Å². The van der Waals surface area contributed by atoms with Crippen LogP contribution in [0.3, 0.4) is 0 Å². The lowest BCUT2D eigenvalue weighted by Gasteiger charge is -2.09. The Labute approximate surface area is 123 Å². The van der Waals surface area contributed by atoms with E-state index in [-0.39, 0.29) is 0 Å². The molecule has 0 spiro atoms. The Morgan fingerprint density at radius 3 is 2.43 bits per heavy atom. The Morgan fingerprint density at radius 1 is 0.762 bits per heavy atom. The molecule has 0 aliphatic heterocycles. The van der Waals surface area contributed by atoms with E-state index in [1.807, 2.05) is 36.5 Å². The van der Waals surface area contributed by atoms with Crippen molar-refractivity contribution < 1.29 is 0 Å². The smallest absolute Gasteiger partial charge is 0.0728 e. The van der Waals surface area contributed by atoms with Crippen molar-refractivity contribution in [3.8, 4) is 11.3 Å². The summed E-state index contributed by atoms with van der Waals surface area (Å²) in [6.07, 6.45) is 1.93. The molecule has 2 aromatic carbocycles. The number of pyridine rings is 2. The minimum atomic E-state index is 0.976. The zero-order chi connectivity index (χ0) is 14.2. The van der Waals surface area contributed by atoms with Gasteiger partial charge in [-0.2, -0.15) is 0 Å². The van der Waals surface area contributed by atoms with E-state index in [1.54, 1.807) is 0 Å². The van der Waals surface area contributed by atoms with Crippen LogP contribution in [0.25, 0.3) is 33.1 Å². The number of rotatable bonds is 1. The van der Waals surface area contributed by atoms with E-state index in [0.717, 1.165) is 27.7 Å². The molecule has 0 unspecified atom stereocenters. The first-order valence-corrected chi connectivity index (χ1v) is 7.03. The maximum Gasteiger partial charge on any atom is 0.0728 e. The summed E-state index contributed by atoms with van der Waals surface area (Å²) in [5.41, 5.74) is 5.34. The summed E-state index contributed by atoms with van der Waals surface area (Å²) in [5.74, 6) is 0. The van der Waals surface area contributed by atoms with Gasteiger partial charge in [-0.15, -0.1) is 0 Å². The fourth-order valence-electron chi connectivity index (χ4n) is 2.75. The molecule has 0 aliphatic carbocycles. The van der Waals surface area contributed by atoms with Crippen molar-refractivity contribution in [1.29, 1.82) is 0 Å². The minimum absolute atomic E-state index is 0.976. The van der Waals surface area contributed by atoms with E-state index in [2.05, 4.69) is 42.2 Å². The van der Waals surface area contributed by atoms with Gasteiger partial charge in [-0.1, -0.05) is 42.5 Å². The summed E-state index contributed by atoms with van der Waals surface area (Å²) in [4.78, 5) is 9.33.